The summed E-state index contributed by atoms with van der Waals surface area (Å²) in [6, 6.07) is 3.36. The van der Waals surface area contributed by atoms with Gasteiger partial charge in [-0.25, -0.2) is 9.97 Å². The molecule has 0 fully saturated rings. The molecule has 0 aliphatic rings. The largest absolute Gasteiger partial charge is 0.480 e. The molecule has 0 saturated heterocycles. The second-order valence-electron chi connectivity index (χ2n) is 2.67. The molecule has 1 heterocycles. The van der Waals surface area contributed by atoms with Crippen molar-refractivity contribution in [2.45, 2.75) is 0 Å². The first-order valence-electron chi connectivity index (χ1n) is 3.86. The summed E-state index contributed by atoms with van der Waals surface area (Å²) in [5.41, 5.74) is 0.642. The van der Waals surface area contributed by atoms with Crippen LogP contribution in [0.2, 0.25) is 10.0 Å². The molecule has 2 rings (SSSR count). The van der Waals surface area contributed by atoms with E-state index in [-0.39, 0.29) is 0 Å². The highest BCUT2D eigenvalue weighted by Crippen LogP contribution is 2.30. The van der Waals surface area contributed by atoms with E-state index in [2.05, 4.69) is 9.97 Å². The van der Waals surface area contributed by atoms with Gasteiger partial charge >= 0.3 is 0 Å². The molecule has 0 N–H and O–H groups in total. The SMILES string of the molecule is COc1ncnc2c(Cl)cc(Cl)cc12. The summed E-state index contributed by atoms with van der Waals surface area (Å²) in [4.78, 5) is 8.01. The van der Waals surface area contributed by atoms with Crippen molar-refractivity contribution in [1.29, 1.82) is 0 Å². The van der Waals surface area contributed by atoms with Gasteiger partial charge in [-0.1, -0.05) is 23.2 Å². The van der Waals surface area contributed by atoms with Crippen LogP contribution in [-0.4, -0.2) is 17.1 Å². The second-order valence-corrected chi connectivity index (χ2v) is 3.51. The summed E-state index contributed by atoms with van der Waals surface area (Å²) in [6.45, 7) is 0. The van der Waals surface area contributed by atoms with Gasteiger partial charge in [0.15, 0.2) is 0 Å². The summed E-state index contributed by atoms with van der Waals surface area (Å²) in [5.74, 6) is 0.472. The van der Waals surface area contributed by atoms with Gasteiger partial charge in [-0.15, -0.1) is 0 Å². The second kappa shape index (κ2) is 3.59. The highest BCUT2D eigenvalue weighted by molar-refractivity contribution is 6.38. The third-order valence-corrected chi connectivity index (χ3v) is 2.32. The van der Waals surface area contributed by atoms with E-state index in [0.717, 1.165) is 0 Å². The summed E-state index contributed by atoms with van der Waals surface area (Å²) in [5, 5.41) is 1.75. The highest BCUT2D eigenvalue weighted by Gasteiger charge is 2.07. The van der Waals surface area contributed by atoms with Crippen molar-refractivity contribution < 1.29 is 4.74 Å². The summed E-state index contributed by atoms with van der Waals surface area (Å²) in [6.07, 6.45) is 1.40. The number of halogens is 2. The zero-order chi connectivity index (χ0) is 10.1. The molecule has 0 bridgehead atoms. The normalized spacial score (nSPS) is 10.5. The topological polar surface area (TPSA) is 35.0 Å². The Hall–Kier alpha value is -1.06. The summed E-state index contributed by atoms with van der Waals surface area (Å²) in [7, 11) is 1.54. The smallest absolute Gasteiger partial charge is 0.224 e. The third-order valence-electron chi connectivity index (χ3n) is 1.81. The fourth-order valence-electron chi connectivity index (χ4n) is 1.23. The van der Waals surface area contributed by atoms with E-state index in [9.17, 15) is 0 Å². The number of fused-ring (bicyclic) bond motifs is 1. The van der Waals surface area contributed by atoms with Gasteiger partial charge in [0.05, 0.1) is 23.0 Å². The number of hydrogen-bond donors (Lipinski definition) is 0. The Bertz CT molecular complexity index is 487. The summed E-state index contributed by atoms with van der Waals surface area (Å²) < 4.78 is 5.07. The first kappa shape index (κ1) is 9.49. The Kier molecular flexibility index (Phi) is 2.44. The molecule has 2 aromatic rings. The third kappa shape index (κ3) is 1.49. The fourth-order valence-corrected chi connectivity index (χ4v) is 1.77. The van der Waals surface area contributed by atoms with Crippen molar-refractivity contribution in [2.24, 2.45) is 0 Å². The molecule has 72 valence electrons. The number of aromatic nitrogens is 2. The van der Waals surface area contributed by atoms with E-state index in [1.165, 1.54) is 13.4 Å². The maximum absolute atomic E-state index is 5.96. The molecular formula is C9H6Cl2N2O. The van der Waals surface area contributed by atoms with Crippen LogP contribution in [0.1, 0.15) is 0 Å². The van der Waals surface area contributed by atoms with Crippen molar-refractivity contribution in [3.05, 3.63) is 28.5 Å². The summed E-state index contributed by atoms with van der Waals surface area (Å²) >= 11 is 11.8. The number of benzene rings is 1. The first-order chi connectivity index (χ1) is 6.72. The molecule has 0 saturated carbocycles. The molecule has 5 heteroatoms. The monoisotopic (exact) mass is 228 g/mol. The quantitative estimate of drug-likeness (QED) is 0.753. The molecule has 1 aromatic carbocycles. The van der Waals surface area contributed by atoms with E-state index < -0.39 is 0 Å². The Labute approximate surface area is 90.6 Å². The van der Waals surface area contributed by atoms with Gasteiger partial charge in [-0.2, -0.15) is 0 Å². The number of methoxy groups -OCH3 is 1. The van der Waals surface area contributed by atoms with E-state index in [1.54, 1.807) is 12.1 Å². The van der Waals surface area contributed by atoms with Gasteiger partial charge in [0.1, 0.15) is 6.33 Å². The average molecular weight is 229 g/mol. The Balaban J connectivity index is 2.86. The van der Waals surface area contributed by atoms with Gasteiger partial charge in [0.25, 0.3) is 0 Å². The molecular weight excluding hydrogens is 223 g/mol. The van der Waals surface area contributed by atoms with Gasteiger partial charge in [0.2, 0.25) is 5.88 Å². The molecule has 1 aromatic heterocycles. The Morgan fingerprint density at radius 1 is 1.21 bits per heavy atom. The fraction of sp³-hybridized carbons (Fsp3) is 0.111. The Morgan fingerprint density at radius 3 is 2.71 bits per heavy atom. The molecule has 0 amide bonds. The lowest BCUT2D eigenvalue weighted by Gasteiger charge is -2.04. The number of rotatable bonds is 1. The molecule has 0 radical (unpaired) electrons. The molecule has 3 nitrogen and oxygen atoms in total. The van der Waals surface area contributed by atoms with Gasteiger partial charge in [0, 0.05) is 5.02 Å². The minimum atomic E-state index is 0.472. The predicted octanol–water partition coefficient (Wildman–Crippen LogP) is 2.95. The zero-order valence-corrected chi connectivity index (χ0v) is 8.80. The molecule has 0 aliphatic carbocycles. The lowest BCUT2D eigenvalue weighted by Crippen LogP contribution is -1.91. The van der Waals surface area contributed by atoms with Crippen molar-refractivity contribution in [3.63, 3.8) is 0 Å². The predicted molar refractivity (Wildman–Crippen MR) is 56.1 cm³/mol. The number of nitrogens with zero attached hydrogens (tertiary/aromatic N) is 2. The molecule has 14 heavy (non-hydrogen) atoms. The maximum atomic E-state index is 5.96. The van der Waals surface area contributed by atoms with Crippen LogP contribution in [0.15, 0.2) is 18.5 Å². The van der Waals surface area contributed by atoms with Crippen LogP contribution in [0.4, 0.5) is 0 Å². The molecule has 0 spiro atoms. The van der Waals surface area contributed by atoms with Gasteiger partial charge < -0.3 is 4.74 Å². The number of hydrogen-bond acceptors (Lipinski definition) is 3. The van der Waals surface area contributed by atoms with Crippen LogP contribution in [0.5, 0.6) is 5.88 Å². The van der Waals surface area contributed by atoms with Crippen molar-refractivity contribution in [3.8, 4) is 5.88 Å². The van der Waals surface area contributed by atoms with Crippen LogP contribution < -0.4 is 4.74 Å². The number of ether oxygens (including phenoxy) is 1. The van der Waals surface area contributed by atoms with E-state index >= 15 is 0 Å². The molecule has 0 atom stereocenters. The minimum absolute atomic E-state index is 0.472. The van der Waals surface area contributed by atoms with E-state index in [1.807, 2.05) is 0 Å². The van der Waals surface area contributed by atoms with Crippen molar-refractivity contribution in [2.75, 3.05) is 7.11 Å². The van der Waals surface area contributed by atoms with Crippen LogP contribution in [0.25, 0.3) is 10.9 Å². The highest BCUT2D eigenvalue weighted by atomic mass is 35.5. The zero-order valence-electron chi connectivity index (χ0n) is 7.29. The average Bonchev–Trinajstić information content (AvgIpc) is 2.17. The lowest BCUT2D eigenvalue weighted by molar-refractivity contribution is 0.402. The minimum Gasteiger partial charge on any atom is -0.480 e. The van der Waals surface area contributed by atoms with Crippen molar-refractivity contribution in [1.82, 2.24) is 9.97 Å². The van der Waals surface area contributed by atoms with Crippen LogP contribution in [0.3, 0.4) is 0 Å². The molecule has 0 aliphatic heterocycles. The van der Waals surface area contributed by atoms with E-state index in [4.69, 9.17) is 27.9 Å². The van der Waals surface area contributed by atoms with Gasteiger partial charge in [-0.3, -0.25) is 0 Å². The van der Waals surface area contributed by atoms with Crippen LogP contribution in [-0.2, 0) is 0 Å². The lowest BCUT2D eigenvalue weighted by atomic mass is 10.2. The standard InChI is InChI=1S/C9H6Cl2N2O/c1-14-9-6-2-5(10)3-7(11)8(6)12-4-13-9/h2-4H,1H3. The Morgan fingerprint density at radius 2 is 2.00 bits per heavy atom. The first-order valence-corrected chi connectivity index (χ1v) is 4.61. The molecule has 0 unspecified atom stereocenters. The van der Waals surface area contributed by atoms with E-state index in [0.29, 0.717) is 26.8 Å². The van der Waals surface area contributed by atoms with Crippen LogP contribution in [0, 0.1) is 0 Å². The van der Waals surface area contributed by atoms with Crippen molar-refractivity contribution >= 4 is 34.1 Å². The van der Waals surface area contributed by atoms with Gasteiger partial charge in [-0.05, 0) is 12.1 Å². The maximum Gasteiger partial charge on any atom is 0.224 e. The van der Waals surface area contributed by atoms with Crippen LogP contribution >= 0.6 is 23.2 Å².